The van der Waals surface area contributed by atoms with Gasteiger partial charge in [-0.2, -0.15) is 0 Å². The second-order valence-electron chi connectivity index (χ2n) is 5.69. The molecule has 2 N–H and O–H groups in total. The van der Waals surface area contributed by atoms with Gasteiger partial charge in [-0.1, -0.05) is 13.8 Å². The van der Waals surface area contributed by atoms with Crippen molar-refractivity contribution in [1.29, 1.82) is 0 Å². The second-order valence-corrected chi connectivity index (χ2v) is 5.69. The monoisotopic (exact) mass is 304 g/mol. The van der Waals surface area contributed by atoms with E-state index >= 15 is 0 Å². The molecule has 0 aliphatic rings. The standard InChI is InChI=1S/C15H18N2O3.C2H6/c1-9-8-16-13(18)11-6-5-10(7-12(9)11)17-14(19)20-15(2,3)4;1-2/h5-8H,1-4H3,(H,16,18)(H,17,19);1-2H3. The number of anilines is 1. The summed E-state index contributed by atoms with van der Waals surface area (Å²) in [5.74, 6) is 0. The molecule has 1 amide bonds. The highest BCUT2D eigenvalue weighted by molar-refractivity contribution is 5.92. The average Bonchev–Trinajstić information content (AvgIpc) is 2.43. The summed E-state index contributed by atoms with van der Waals surface area (Å²) >= 11 is 0. The molecule has 0 unspecified atom stereocenters. The fraction of sp³-hybridized carbons (Fsp3) is 0.412. The predicted octanol–water partition coefficient (Wildman–Crippen LogP) is 4.21. The number of H-pyrrole nitrogens is 1. The van der Waals surface area contributed by atoms with Gasteiger partial charge in [0.2, 0.25) is 0 Å². The highest BCUT2D eigenvalue weighted by Crippen LogP contribution is 2.20. The molecule has 2 aromatic rings. The maximum Gasteiger partial charge on any atom is 0.412 e. The van der Waals surface area contributed by atoms with Crippen LogP contribution in [0.5, 0.6) is 0 Å². The number of nitrogens with one attached hydrogen (secondary N) is 2. The van der Waals surface area contributed by atoms with Gasteiger partial charge in [0.15, 0.2) is 0 Å². The van der Waals surface area contributed by atoms with E-state index in [1.807, 2.05) is 20.8 Å². The fourth-order valence-electron chi connectivity index (χ4n) is 1.90. The SMILES string of the molecule is CC.Cc1c[nH]c(=O)c2ccc(NC(=O)OC(C)(C)C)cc12. The highest BCUT2D eigenvalue weighted by Gasteiger charge is 2.16. The van der Waals surface area contributed by atoms with Gasteiger partial charge in [0.1, 0.15) is 5.60 Å². The van der Waals surface area contributed by atoms with Crippen LogP contribution >= 0.6 is 0 Å². The van der Waals surface area contributed by atoms with Crippen molar-refractivity contribution >= 4 is 22.6 Å². The number of fused-ring (bicyclic) bond motifs is 1. The molecule has 0 saturated carbocycles. The molecule has 0 atom stereocenters. The lowest BCUT2D eigenvalue weighted by molar-refractivity contribution is 0.0636. The van der Waals surface area contributed by atoms with Gasteiger partial charge in [0.25, 0.3) is 5.56 Å². The Morgan fingerprint density at radius 2 is 1.82 bits per heavy atom. The van der Waals surface area contributed by atoms with Gasteiger partial charge in [-0.05, 0) is 56.8 Å². The van der Waals surface area contributed by atoms with Crippen LogP contribution < -0.4 is 10.9 Å². The number of benzene rings is 1. The van der Waals surface area contributed by atoms with Crippen LogP contribution in [0, 0.1) is 6.92 Å². The molecular weight excluding hydrogens is 280 g/mol. The number of hydrogen-bond donors (Lipinski definition) is 2. The van der Waals surface area contributed by atoms with Gasteiger partial charge in [-0.15, -0.1) is 0 Å². The van der Waals surface area contributed by atoms with Crippen LogP contribution in [0.1, 0.15) is 40.2 Å². The van der Waals surface area contributed by atoms with Gasteiger partial charge < -0.3 is 9.72 Å². The first-order chi connectivity index (χ1) is 10.3. The Hall–Kier alpha value is -2.30. The van der Waals surface area contributed by atoms with Crippen LogP contribution in [0.3, 0.4) is 0 Å². The normalized spacial score (nSPS) is 10.6. The first-order valence-electron chi connectivity index (χ1n) is 7.38. The van der Waals surface area contributed by atoms with Crippen molar-refractivity contribution in [2.75, 3.05) is 5.32 Å². The maximum atomic E-state index is 11.7. The lowest BCUT2D eigenvalue weighted by Crippen LogP contribution is -2.27. The molecule has 120 valence electrons. The molecule has 0 aliphatic carbocycles. The van der Waals surface area contributed by atoms with Gasteiger partial charge in [0.05, 0.1) is 0 Å². The van der Waals surface area contributed by atoms with E-state index in [-0.39, 0.29) is 5.56 Å². The first kappa shape index (κ1) is 17.8. The third-order valence-corrected chi connectivity index (χ3v) is 2.75. The van der Waals surface area contributed by atoms with E-state index in [9.17, 15) is 9.59 Å². The Morgan fingerprint density at radius 1 is 1.18 bits per heavy atom. The summed E-state index contributed by atoms with van der Waals surface area (Å²) in [5.41, 5.74) is 0.843. The van der Waals surface area contributed by atoms with E-state index in [0.29, 0.717) is 11.1 Å². The molecule has 2 rings (SSSR count). The molecular formula is C17H24N2O3. The first-order valence-corrected chi connectivity index (χ1v) is 7.38. The third kappa shape index (κ3) is 4.62. The van der Waals surface area contributed by atoms with E-state index in [1.165, 1.54) is 0 Å². The number of aromatic nitrogens is 1. The Kier molecular flexibility index (Phi) is 5.74. The number of aromatic amines is 1. The highest BCUT2D eigenvalue weighted by atomic mass is 16.6. The van der Waals surface area contributed by atoms with E-state index in [2.05, 4.69) is 10.3 Å². The molecule has 0 spiro atoms. The molecule has 0 radical (unpaired) electrons. The molecule has 5 nitrogen and oxygen atoms in total. The Morgan fingerprint density at radius 3 is 2.41 bits per heavy atom. The third-order valence-electron chi connectivity index (χ3n) is 2.75. The number of carbonyl (C=O) groups excluding carboxylic acids is 1. The van der Waals surface area contributed by atoms with Crippen molar-refractivity contribution < 1.29 is 9.53 Å². The molecule has 0 fully saturated rings. The molecule has 0 bridgehead atoms. The van der Waals surface area contributed by atoms with Crippen molar-refractivity contribution in [1.82, 2.24) is 4.98 Å². The van der Waals surface area contributed by atoms with Gasteiger partial charge in [0, 0.05) is 17.3 Å². The number of amides is 1. The lowest BCUT2D eigenvalue weighted by Gasteiger charge is -2.19. The van der Waals surface area contributed by atoms with E-state index in [0.717, 1.165) is 10.9 Å². The molecule has 0 saturated heterocycles. The minimum atomic E-state index is -0.548. The molecule has 1 aromatic heterocycles. The molecule has 5 heteroatoms. The average molecular weight is 304 g/mol. The zero-order valence-corrected chi connectivity index (χ0v) is 14.0. The number of ether oxygens (including phenoxy) is 1. The summed E-state index contributed by atoms with van der Waals surface area (Å²) in [4.78, 5) is 26.1. The van der Waals surface area contributed by atoms with Gasteiger partial charge in [-0.3, -0.25) is 10.1 Å². The summed E-state index contributed by atoms with van der Waals surface area (Å²) in [5, 5.41) is 4.07. The predicted molar refractivity (Wildman–Crippen MR) is 90.5 cm³/mol. The van der Waals surface area contributed by atoms with Gasteiger partial charge in [-0.25, -0.2) is 4.79 Å². The largest absolute Gasteiger partial charge is 0.444 e. The smallest absolute Gasteiger partial charge is 0.412 e. The number of aryl methyl sites for hydroxylation is 1. The van der Waals surface area contributed by atoms with Crippen LogP contribution in [-0.4, -0.2) is 16.7 Å². The van der Waals surface area contributed by atoms with E-state index < -0.39 is 11.7 Å². The Bertz CT molecular complexity index is 712. The summed E-state index contributed by atoms with van der Waals surface area (Å²) in [6.07, 6.45) is 1.14. The number of rotatable bonds is 1. The fourth-order valence-corrected chi connectivity index (χ4v) is 1.90. The van der Waals surface area contributed by atoms with E-state index in [1.54, 1.807) is 45.2 Å². The van der Waals surface area contributed by atoms with Crippen molar-refractivity contribution in [3.63, 3.8) is 0 Å². The van der Waals surface area contributed by atoms with Crippen LogP contribution in [0.2, 0.25) is 0 Å². The lowest BCUT2D eigenvalue weighted by atomic mass is 10.1. The molecule has 1 heterocycles. The topological polar surface area (TPSA) is 71.2 Å². The zero-order valence-electron chi connectivity index (χ0n) is 14.0. The number of hydrogen-bond acceptors (Lipinski definition) is 3. The van der Waals surface area contributed by atoms with Crippen molar-refractivity contribution in [3.8, 4) is 0 Å². The van der Waals surface area contributed by atoms with Crippen molar-refractivity contribution in [2.24, 2.45) is 0 Å². The summed E-state index contributed by atoms with van der Waals surface area (Å²) in [6, 6.07) is 5.14. The zero-order chi connectivity index (χ0) is 16.9. The maximum absolute atomic E-state index is 11.7. The number of pyridine rings is 1. The quantitative estimate of drug-likeness (QED) is 0.829. The van der Waals surface area contributed by atoms with Crippen LogP contribution in [-0.2, 0) is 4.74 Å². The molecule has 1 aromatic carbocycles. The Labute approximate surface area is 130 Å². The minimum absolute atomic E-state index is 0.144. The van der Waals surface area contributed by atoms with E-state index in [4.69, 9.17) is 4.74 Å². The Balaban J connectivity index is 0.00000116. The summed E-state index contributed by atoms with van der Waals surface area (Å²) < 4.78 is 5.19. The van der Waals surface area contributed by atoms with Crippen LogP contribution in [0.15, 0.2) is 29.2 Å². The molecule has 22 heavy (non-hydrogen) atoms. The summed E-state index contributed by atoms with van der Waals surface area (Å²) in [7, 11) is 0. The van der Waals surface area contributed by atoms with Gasteiger partial charge >= 0.3 is 6.09 Å². The van der Waals surface area contributed by atoms with Crippen LogP contribution in [0.25, 0.3) is 10.8 Å². The summed E-state index contributed by atoms with van der Waals surface area (Å²) in [6.45, 7) is 11.3. The van der Waals surface area contributed by atoms with Crippen molar-refractivity contribution in [3.05, 3.63) is 40.3 Å². The number of carbonyl (C=O) groups is 1. The molecule has 0 aliphatic heterocycles. The van der Waals surface area contributed by atoms with Crippen LogP contribution in [0.4, 0.5) is 10.5 Å². The van der Waals surface area contributed by atoms with Crippen molar-refractivity contribution in [2.45, 2.75) is 47.1 Å². The second kappa shape index (κ2) is 7.11. The minimum Gasteiger partial charge on any atom is -0.444 e.